The van der Waals surface area contributed by atoms with Crippen molar-refractivity contribution < 1.29 is 22.5 Å². The Kier molecular flexibility index (Phi) is 5.10. The van der Waals surface area contributed by atoms with Gasteiger partial charge in [-0.2, -0.15) is 4.98 Å². The molecular formula is C17H15N3O5S. The highest BCUT2D eigenvalue weighted by Crippen LogP contribution is 2.16. The van der Waals surface area contributed by atoms with Gasteiger partial charge in [0.05, 0.1) is 10.5 Å². The molecule has 0 fully saturated rings. The first kappa shape index (κ1) is 17.8. The predicted octanol–water partition coefficient (Wildman–Crippen LogP) is 2.00. The number of sulfonamides is 1. The van der Waals surface area contributed by atoms with E-state index < -0.39 is 16.0 Å². The number of aromatic nitrogens is 2. The van der Waals surface area contributed by atoms with E-state index in [9.17, 15) is 13.2 Å². The Morgan fingerprint density at radius 1 is 1.15 bits per heavy atom. The van der Waals surface area contributed by atoms with E-state index in [0.717, 1.165) is 5.56 Å². The van der Waals surface area contributed by atoms with E-state index in [0.29, 0.717) is 5.82 Å². The molecule has 8 nitrogen and oxygen atoms in total. The first-order valence-corrected chi connectivity index (χ1v) is 9.06. The molecule has 0 radical (unpaired) electrons. The zero-order valence-corrected chi connectivity index (χ0v) is 14.6. The van der Waals surface area contributed by atoms with Gasteiger partial charge in [-0.15, -0.1) is 0 Å². The molecule has 3 rings (SSSR count). The Morgan fingerprint density at radius 2 is 1.92 bits per heavy atom. The molecule has 0 atom stereocenters. The second-order valence-corrected chi connectivity index (χ2v) is 7.08. The van der Waals surface area contributed by atoms with Crippen LogP contribution in [-0.2, 0) is 21.4 Å². The van der Waals surface area contributed by atoms with Crippen molar-refractivity contribution >= 4 is 16.0 Å². The number of benzene rings is 2. The number of hydrogen-bond donors (Lipinski definition) is 1. The van der Waals surface area contributed by atoms with Crippen molar-refractivity contribution in [1.29, 1.82) is 0 Å². The van der Waals surface area contributed by atoms with Gasteiger partial charge >= 0.3 is 5.97 Å². The minimum atomic E-state index is -3.65. The van der Waals surface area contributed by atoms with Crippen molar-refractivity contribution in [2.75, 3.05) is 7.05 Å². The number of ether oxygens (including phenoxy) is 1. The number of nitrogens with one attached hydrogen (secondary N) is 1. The van der Waals surface area contributed by atoms with Crippen LogP contribution in [0.3, 0.4) is 0 Å². The molecule has 0 saturated heterocycles. The van der Waals surface area contributed by atoms with Crippen LogP contribution in [0.1, 0.15) is 16.2 Å². The van der Waals surface area contributed by atoms with Gasteiger partial charge in [0.2, 0.25) is 15.8 Å². The molecule has 0 aliphatic rings. The molecule has 0 aliphatic carbocycles. The van der Waals surface area contributed by atoms with Gasteiger partial charge in [0.15, 0.2) is 6.61 Å². The van der Waals surface area contributed by atoms with Crippen LogP contribution in [0.2, 0.25) is 0 Å². The summed E-state index contributed by atoms with van der Waals surface area (Å²) in [5.74, 6) is -0.174. The molecule has 0 bridgehead atoms. The summed E-state index contributed by atoms with van der Waals surface area (Å²) in [5.41, 5.74) is 0.878. The summed E-state index contributed by atoms with van der Waals surface area (Å²) in [7, 11) is -2.36. The fourth-order valence-corrected chi connectivity index (χ4v) is 2.91. The Balaban J connectivity index is 1.68. The molecule has 0 amide bonds. The molecule has 134 valence electrons. The topological polar surface area (TPSA) is 111 Å². The SMILES string of the molecule is CNS(=O)(=O)c1cccc(C(=O)OCc2nc(-c3ccccc3)no2)c1. The minimum Gasteiger partial charge on any atom is -0.452 e. The van der Waals surface area contributed by atoms with Gasteiger partial charge in [-0.05, 0) is 25.2 Å². The van der Waals surface area contributed by atoms with Gasteiger partial charge in [-0.3, -0.25) is 0 Å². The molecule has 1 aromatic heterocycles. The van der Waals surface area contributed by atoms with E-state index in [-0.39, 0.29) is 23.0 Å². The lowest BCUT2D eigenvalue weighted by atomic mass is 10.2. The van der Waals surface area contributed by atoms with Gasteiger partial charge in [0, 0.05) is 5.56 Å². The maximum Gasteiger partial charge on any atom is 0.338 e. The molecular weight excluding hydrogens is 358 g/mol. The number of rotatable bonds is 6. The lowest BCUT2D eigenvalue weighted by Gasteiger charge is -2.05. The first-order valence-electron chi connectivity index (χ1n) is 7.58. The summed E-state index contributed by atoms with van der Waals surface area (Å²) in [6.07, 6.45) is 0. The number of carbonyl (C=O) groups excluding carboxylic acids is 1. The highest BCUT2D eigenvalue weighted by atomic mass is 32.2. The monoisotopic (exact) mass is 373 g/mol. The van der Waals surface area contributed by atoms with Crippen LogP contribution in [0.25, 0.3) is 11.4 Å². The van der Waals surface area contributed by atoms with Gasteiger partial charge in [0.1, 0.15) is 0 Å². The van der Waals surface area contributed by atoms with E-state index in [1.165, 1.54) is 31.3 Å². The molecule has 9 heteroatoms. The summed E-state index contributed by atoms with van der Waals surface area (Å²) in [6.45, 7) is -0.221. The largest absolute Gasteiger partial charge is 0.452 e. The van der Waals surface area contributed by atoms with E-state index in [4.69, 9.17) is 9.26 Å². The van der Waals surface area contributed by atoms with E-state index in [1.807, 2.05) is 30.3 Å². The van der Waals surface area contributed by atoms with Crippen molar-refractivity contribution in [3.05, 3.63) is 66.1 Å². The molecule has 0 unspecified atom stereocenters. The minimum absolute atomic E-state index is 0.0291. The average Bonchev–Trinajstić information content (AvgIpc) is 3.16. The number of carbonyl (C=O) groups is 1. The summed E-state index contributed by atoms with van der Waals surface area (Å²) in [6, 6.07) is 14.7. The summed E-state index contributed by atoms with van der Waals surface area (Å²) in [5, 5.41) is 3.83. The standard InChI is InChI=1S/C17H15N3O5S/c1-18-26(22,23)14-9-5-8-13(10-14)17(21)24-11-15-19-16(20-25-15)12-6-3-2-4-7-12/h2-10,18H,11H2,1H3. The third-order valence-electron chi connectivity index (χ3n) is 3.48. The van der Waals surface area contributed by atoms with Gasteiger partial charge in [0.25, 0.3) is 5.89 Å². The van der Waals surface area contributed by atoms with Crippen molar-refractivity contribution in [2.45, 2.75) is 11.5 Å². The lowest BCUT2D eigenvalue weighted by Crippen LogP contribution is -2.19. The van der Waals surface area contributed by atoms with Crippen LogP contribution in [-0.4, -0.2) is 31.6 Å². The third-order valence-corrected chi connectivity index (χ3v) is 4.89. The fourth-order valence-electron chi connectivity index (χ4n) is 2.14. The Labute approximate surface area is 149 Å². The van der Waals surface area contributed by atoms with Crippen LogP contribution in [0.4, 0.5) is 0 Å². The fraction of sp³-hybridized carbons (Fsp3) is 0.118. The van der Waals surface area contributed by atoms with E-state index in [1.54, 1.807) is 0 Å². The van der Waals surface area contributed by atoms with Crippen molar-refractivity contribution in [2.24, 2.45) is 0 Å². The smallest absolute Gasteiger partial charge is 0.338 e. The average molecular weight is 373 g/mol. The van der Waals surface area contributed by atoms with Crippen molar-refractivity contribution in [1.82, 2.24) is 14.9 Å². The zero-order chi connectivity index (χ0) is 18.6. The molecule has 1 N–H and O–H groups in total. The molecule has 2 aromatic carbocycles. The lowest BCUT2D eigenvalue weighted by molar-refractivity contribution is 0.0429. The van der Waals surface area contributed by atoms with E-state index in [2.05, 4.69) is 14.9 Å². The third kappa shape index (κ3) is 3.95. The van der Waals surface area contributed by atoms with Gasteiger partial charge < -0.3 is 9.26 Å². The summed E-state index contributed by atoms with van der Waals surface area (Å²) < 4.78 is 35.9. The molecule has 0 spiro atoms. The van der Waals surface area contributed by atoms with E-state index >= 15 is 0 Å². The molecule has 26 heavy (non-hydrogen) atoms. The normalized spacial score (nSPS) is 11.3. The predicted molar refractivity (Wildman–Crippen MR) is 91.5 cm³/mol. The Bertz CT molecular complexity index is 1020. The maximum atomic E-state index is 12.1. The maximum absolute atomic E-state index is 12.1. The van der Waals surface area contributed by atoms with Gasteiger partial charge in [-0.1, -0.05) is 41.6 Å². The second-order valence-electron chi connectivity index (χ2n) is 5.19. The van der Waals surface area contributed by atoms with Crippen LogP contribution < -0.4 is 4.72 Å². The first-order chi connectivity index (χ1) is 12.5. The Hall–Kier alpha value is -3.04. The molecule has 0 aliphatic heterocycles. The number of nitrogens with zero attached hydrogens (tertiary/aromatic N) is 2. The van der Waals surface area contributed by atoms with Crippen molar-refractivity contribution in [3.63, 3.8) is 0 Å². The zero-order valence-electron chi connectivity index (χ0n) is 13.7. The Morgan fingerprint density at radius 3 is 2.65 bits per heavy atom. The van der Waals surface area contributed by atoms with Crippen LogP contribution >= 0.6 is 0 Å². The van der Waals surface area contributed by atoms with Crippen LogP contribution in [0, 0.1) is 0 Å². The van der Waals surface area contributed by atoms with Crippen molar-refractivity contribution in [3.8, 4) is 11.4 Å². The number of esters is 1. The van der Waals surface area contributed by atoms with Gasteiger partial charge in [-0.25, -0.2) is 17.9 Å². The molecule has 1 heterocycles. The summed E-state index contributed by atoms with van der Waals surface area (Å²) in [4.78, 5) is 16.3. The quantitative estimate of drug-likeness (QED) is 0.658. The highest BCUT2D eigenvalue weighted by Gasteiger charge is 2.16. The molecule has 0 saturated carbocycles. The highest BCUT2D eigenvalue weighted by molar-refractivity contribution is 7.89. The van der Waals surface area contributed by atoms with Crippen LogP contribution in [0.5, 0.6) is 0 Å². The molecule has 3 aromatic rings. The second kappa shape index (κ2) is 7.46. The number of hydrogen-bond acceptors (Lipinski definition) is 7. The summed E-state index contributed by atoms with van der Waals surface area (Å²) >= 11 is 0. The van der Waals surface area contributed by atoms with Crippen LogP contribution in [0.15, 0.2) is 64.0 Å².